The Morgan fingerprint density at radius 1 is 1.44 bits per heavy atom. The lowest BCUT2D eigenvalue weighted by Crippen LogP contribution is -1.93. The zero-order valence-electron chi connectivity index (χ0n) is 10.1. The molecule has 1 aromatic carbocycles. The lowest BCUT2D eigenvalue weighted by molar-refractivity contribution is 0.321. The van der Waals surface area contributed by atoms with Crippen molar-refractivity contribution in [1.82, 2.24) is 4.98 Å². The van der Waals surface area contributed by atoms with Gasteiger partial charge in [-0.05, 0) is 24.6 Å². The second-order valence-electron chi connectivity index (χ2n) is 3.92. The van der Waals surface area contributed by atoms with E-state index < -0.39 is 0 Å². The summed E-state index contributed by atoms with van der Waals surface area (Å²) in [5.41, 5.74) is 2.95. The highest BCUT2D eigenvalue weighted by Gasteiger charge is 2.06. The van der Waals surface area contributed by atoms with E-state index in [0.29, 0.717) is 0 Å². The minimum absolute atomic E-state index is 0.774. The molecule has 18 heavy (non-hydrogen) atoms. The summed E-state index contributed by atoms with van der Waals surface area (Å²) >= 11 is 1.58. The van der Waals surface area contributed by atoms with Crippen LogP contribution in [-0.4, -0.2) is 22.2 Å². The number of nitrogens with zero attached hydrogens (tertiary/aromatic N) is 2. The highest BCUT2D eigenvalue weighted by Crippen LogP contribution is 2.24. The molecule has 0 saturated carbocycles. The average molecular weight is 258 g/mol. The molecule has 0 unspecified atom stereocenters. The van der Waals surface area contributed by atoms with Crippen LogP contribution < -0.4 is 0 Å². The molecule has 0 radical (unpaired) electrons. The first-order chi connectivity index (χ1) is 8.74. The second-order valence-corrected chi connectivity index (χ2v) is 4.93. The lowest BCUT2D eigenvalue weighted by atomic mass is 10.1. The zero-order valence-corrected chi connectivity index (χ0v) is 10.9. The van der Waals surface area contributed by atoms with Crippen LogP contribution >= 0.6 is 11.8 Å². The van der Waals surface area contributed by atoms with E-state index in [-0.39, 0.29) is 0 Å². The molecule has 0 atom stereocenters. The first-order valence-electron chi connectivity index (χ1n) is 5.57. The van der Waals surface area contributed by atoms with Gasteiger partial charge in [-0.2, -0.15) is 0 Å². The Bertz CT molecular complexity index is 608. The highest BCUT2D eigenvalue weighted by molar-refractivity contribution is 7.99. The summed E-state index contributed by atoms with van der Waals surface area (Å²) in [7, 11) is 0. The molecule has 0 aliphatic rings. The van der Waals surface area contributed by atoms with Crippen LogP contribution in [0, 0.1) is 6.92 Å². The number of oxime groups is 1. The Balaban J connectivity index is 2.56. The van der Waals surface area contributed by atoms with Gasteiger partial charge < -0.3 is 5.21 Å². The van der Waals surface area contributed by atoms with E-state index >= 15 is 0 Å². The molecule has 2 rings (SSSR count). The van der Waals surface area contributed by atoms with Crippen LogP contribution in [-0.2, 0) is 0 Å². The molecule has 3 nitrogen and oxygen atoms in total. The SMILES string of the molecule is C=CCSc1nc2cc(C)ccc2cc1/C=N/O. The van der Waals surface area contributed by atoms with Crippen molar-refractivity contribution in [2.45, 2.75) is 11.9 Å². The Labute approximate surface area is 110 Å². The maximum atomic E-state index is 8.70. The molecular formula is C14H14N2OS. The fourth-order valence-electron chi connectivity index (χ4n) is 1.68. The normalized spacial score (nSPS) is 11.2. The van der Waals surface area contributed by atoms with Crippen molar-refractivity contribution in [3.63, 3.8) is 0 Å². The summed E-state index contributed by atoms with van der Waals surface area (Å²) in [4.78, 5) is 4.60. The molecular weight excluding hydrogens is 244 g/mol. The first-order valence-corrected chi connectivity index (χ1v) is 6.55. The van der Waals surface area contributed by atoms with Gasteiger partial charge in [0.1, 0.15) is 5.03 Å². The molecule has 2 aromatic rings. The fourth-order valence-corrected chi connectivity index (χ4v) is 2.40. The molecule has 0 bridgehead atoms. The second kappa shape index (κ2) is 5.69. The number of aromatic nitrogens is 1. The summed E-state index contributed by atoms with van der Waals surface area (Å²) < 4.78 is 0. The van der Waals surface area contributed by atoms with E-state index in [4.69, 9.17) is 5.21 Å². The number of hydrogen-bond donors (Lipinski definition) is 1. The van der Waals surface area contributed by atoms with Crippen molar-refractivity contribution in [3.8, 4) is 0 Å². The molecule has 0 fully saturated rings. The summed E-state index contributed by atoms with van der Waals surface area (Å²) in [5, 5.41) is 13.7. The molecule has 1 heterocycles. The third-order valence-electron chi connectivity index (χ3n) is 2.50. The third-order valence-corrected chi connectivity index (χ3v) is 3.50. The Morgan fingerprint density at radius 3 is 3.00 bits per heavy atom. The standard InChI is InChI=1S/C14H14N2OS/c1-3-6-18-14-12(9-15-17)8-11-5-4-10(2)7-13(11)16-14/h3-5,7-9,17H,1,6H2,2H3/b15-9+. The summed E-state index contributed by atoms with van der Waals surface area (Å²) in [6.07, 6.45) is 3.24. The van der Waals surface area contributed by atoms with Gasteiger partial charge in [-0.1, -0.05) is 23.4 Å². The number of thioether (sulfide) groups is 1. The van der Waals surface area contributed by atoms with Crippen LogP contribution in [0.2, 0.25) is 0 Å². The first kappa shape index (κ1) is 12.6. The molecule has 0 aliphatic carbocycles. The number of aryl methyl sites for hydroxylation is 1. The molecule has 0 spiro atoms. The van der Waals surface area contributed by atoms with Gasteiger partial charge in [0, 0.05) is 16.7 Å². The van der Waals surface area contributed by atoms with E-state index in [1.807, 2.05) is 37.3 Å². The van der Waals surface area contributed by atoms with Crippen molar-refractivity contribution in [2.24, 2.45) is 5.16 Å². The largest absolute Gasteiger partial charge is 0.411 e. The van der Waals surface area contributed by atoms with Crippen molar-refractivity contribution in [2.75, 3.05) is 5.75 Å². The minimum Gasteiger partial charge on any atom is -0.411 e. The van der Waals surface area contributed by atoms with Crippen LogP contribution in [0.4, 0.5) is 0 Å². The van der Waals surface area contributed by atoms with Gasteiger partial charge in [-0.25, -0.2) is 4.98 Å². The van der Waals surface area contributed by atoms with E-state index in [9.17, 15) is 0 Å². The smallest absolute Gasteiger partial charge is 0.106 e. The van der Waals surface area contributed by atoms with Crippen molar-refractivity contribution >= 4 is 28.9 Å². The van der Waals surface area contributed by atoms with E-state index in [2.05, 4.69) is 16.7 Å². The van der Waals surface area contributed by atoms with Gasteiger partial charge in [-0.3, -0.25) is 0 Å². The van der Waals surface area contributed by atoms with Crippen LogP contribution in [0.15, 0.2) is 47.1 Å². The molecule has 1 N–H and O–H groups in total. The van der Waals surface area contributed by atoms with Gasteiger partial charge in [0.2, 0.25) is 0 Å². The predicted octanol–water partition coefficient (Wildman–Crippen LogP) is 3.63. The van der Waals surface area contributed by atoms with E-state index in [1.165, 1.54) is 11.8 Å². The third kappa shape index (κ3) is 2.71. The number of rotatable bonds is 4. The monoisotopic (exact) mass is 258 g/mol. The van der Waals surface area contributed by atoms with Gasteiger partial charge in [0.05, 0.1) is 11.7 Å². The van der Waals surface area contributed by atoms with Gasteiger partial charge in [-0.15, -0.1) is 18.3 Å². The molecule has 0 aliphatic heterocycles. The fraction of sp³-hybridized carbons (Fsp3) is 0.143. The molecule has 92 valence electrons. The average Bonchev–Trinajstić information content (AvgIpc) is 2.37. The van der Waals surface area contributed by atoms with Crippen molar-refractivity contribution in [3.05, 3.63) is 48.0 Å². The number of fused-ring (bicyclic) bond motifs is 1. The lowest BCUT2D eigenvalue weighted by Gasteiger charge is -2.06. The summed E-state index contributed by atoms with van der Waals surface area (Å²) in [5.74, 6) is 0.774. The molecule has 4 heteroatoms. The van der Waals surface area contributed by atoms with Crippen molar-refractivity contribution < 1.29 is 5.21 Å². The molecule has 0 amide bonds. The maximum absolute atomic E-state index is 8.70. The van der Waals surface area contributed by atoms with Crippen LogP contribution in [0.5, 0.6) is 0 Å². The maximum Gasteiger partial charge on any atom is 0.106 e. The number of benzene rings is 1. The topological polar surface area (TPSA) is 45.5 Å². The number of hydrogen-bond acceptors (Lipinski definition) is 4. The van der Waals surface area contributed by atoms with Gasteiger partial charge in [0.25, 0.3) is 0 Å². The van der Waals surface area contributed by atoms with Crippen LogP contribution in [0.3, 0.4) is 0 Å². The highest BCUT2D eigenvalue weighted by atomic mass is 32.2. The Morgan fingerprint density at radius 2 is 2.28 bits per heavy atom. The van der Waals surface area contributed by atoms with Crippen LogP contribution in [0.25, 0.3) is 10.9 Å². The Kier molecular flexibility index (Phi) is 3.99. The Hall–Kier alpha value is -1.81. The summed E-state index contributed by atoms with van der Waals surface area (Å²) in [6.45, 7) is 5.74. The quantitative estimate of drug-likeness (QED) is 0.299. The van der Waals surface area contributed by atoms with Crippen molar-refractivity contribution in [1.29, 1.82) is 0 Å². The number of pyridine rings is 1. The van der Waals surface area contributed by atoms with Gasteiger partial charge >= 0.3 is 0 Å². The van der Waals surface area contributed by atoms with Gasteiger partial charge in [0.15, 0.2) is 0 Å². The zero-order chi connectivity index (χ0) is 13.0. The predicted molar refractivity (Wildman–Crippen MR) is 76.8 cm³/mol. The minimum atomic E-state index is 0.774. The molecule has 1 aromatic heterocycles. The van der Waals surface area contributed by atoms with E-state index in [1.54, 1.807) is 11.8 Å². The molecule has 0 saturated heterocycles. The van der Waals surface area contributed by atoms with Crippen LogP contribution in [0.1, 0.15) is 11.1 Å². The van der Waals surface area contributed by atoms with E-state index in [0.717, 1.165) is 27.2 Å². The summed E-state index contributed by atoms with van der Waals surface area (Å²) in [6, 6.07) is 8.09.